The van der Waals surface area contributed by atoms with Gasteiger partial charge in [-0.15, -0.1) is 0 Å². The first-order chi connectivity index (χ1) is 30.6. The zero-order valence-corrected chi connectivity index (χ0v) is 34.2. The molecule has 0 radical (unpaired) electrons. The second kappa shape index (κ2) is 14.4. The van der Waals surface area contributed by atoms with Gasteiger partial charge in [0.1, 0.15) is 0 Å². The summed E-state index contributed by atoms with van der Waals surface area (Å²) in [6.07, 6.45) is 3.33. The van der Waals surface area contributed by atoms with Crippen LogP contribution < -0.4 is 0 Å². The maximum absolute atomic E-state index is 5.37. The molecule has 0 saturated heterocycles. The van der Waals surface area contributed by atoms with Crippen molar-refractivity contribution in [2.24, 2.45) is 5.92 Å². The lowest BCUT2D eigenvalue weighted by Gasteiger charge is -2.34. The van der Waals surface area contributed by atoms with Crippen LogP contribution in [-0.4, -0.2) is 19.9 Å². The van der Waals surface area contributed by atoms with Gasteiger partial charge in [0.25, 0.3) is 0 Å². The highest BCUT2D eigenvalue weighted by atomic mass is 14.9. The maximum Gasteiger partial charge on any atom is 0.160 e. The largest absolute Gasteiger partial charge is 0.228 e. The lowest BCUT2D eigenvalue weighted by molar-refractivity contribution is 0.735. The van der Waals surface area contributed by atoms with Crippen molar-refractivity contribution >= 4 is 11.1 Å². The average Bonchev–Trinajstić information content (AvgIpc) is 3.80. The fourth-order valence-corrected chi connectivity index (χ4v) is 10.2. The van der Waals surface area contributed by atoms with Crippen LogP contribution in [-0.2, 0) is 5.41 Å². The van der Waals surface area contributed by atoms with E-state index in [1.54, 1.807) is 0 Å². The van der Waals surface area contributed by atoms with E-state index in [1.807, 2.05) is 12.1 Å². The predicted octanol–water partition coefficient (Wildman–Crippen LogP) is 13.8. The number of rotatable bonds is 6. The SMILES string of the molecule is CC1CC2=C(C=C1c1nc(-c3ccccc3)cc(-c3ccccc3)n1)C1(c3ccccc32)c2ccccc2-c2ccc(-c3nc(-c4ccccc4)cc(-c4ccccc4)n3)cc21. The predicted molar refractivity (Wildman–Crippen MR) is 252 cm³/mol. The Morgan fingerprint density at radius 2 is 0.806 bits per heavy atom. The molecule has 9 aromatic rings. The summed E-state index contributed by atoms with van der Waals surface area (Å²) in [6, 6.07) is 71.0. The van der Waals surface area contributed by atoms with Gasteiger partial charge in [0, 0.05) is 33.4 Å². The molecule has 2 aromatic heterocycles. The molecule has 0 saturated carbocycles. The minimum Gasteiger partial charge on any atom is -0.228 e. The summed E-state index contributed by atoms with van der Waals surface area (Å²) in [5, 5.41) is 0. The Kier molecular flexibility index (Phi) is 8.39. The quantitative estimate of drug-likeness (QED) is 0.168. The van der Waals surface area contributed by atoms with Crippen molar-refractivity contribution in [3.05, 3.63) is 240 Å². The topological polar surface area (TPSA) is 51.6 Å². The minimum atomic E-state index is -0.572. The van der Waals surface area contributed by atoms with Gasteiger partial charge >= 0.3 is 0 Å². The van der Waals surface area contributed by atoms with Crippen LogP contribution in [0, 0.1) is 5.92 Å². The third kappa shape index (κ3) is 5.68. The molecular weight excluding hydrogens is 753 g/mol. The summed E-state index contributed by atoms with van der Waals surface area (Å²) >= 11 is 0. The molecular formula is C58H40N4. The lowest BCUT2D eigenvalue weighted by atomic mass is 9.67. The zero-order chi connectivity index (χ0) is 41.2. The molecule has 0 fully saturated rings. The van der Waals surface area contributed by atoms with Crippen LogP contribution in [0.2, 0.25) is 0 Å². The van der Waals surface area contributed by atoms with Crippen LogP contribution in [0.5, 0.6) is 0 Å². The van der Waals surface area contributed by atoms with Gasteiger partial charge < -0.3 is 0 Å². The van der Waals surface area contributed by atoms with Crippen LogP contribution in [0.3, 0.4) is 0 Å². The van der Waals surface area contributed by atoms with E-state index < -0.39 is 5.41 Å². The molecule has 62 heavy (non-hydrogen) atoms. The Morgan fingerprint density at radius 1 is 0.387 bits per heavy atom. The van der Waals surface area contributed by atoms with Crippen molar-refractivity contribution in [2.75, 3.05) is 0 Å². The first-order valence-electron chi connectivity index (χ1n) is 21.4. The molecule has 2 unspecified atom stereocenters. The van der Waals surface area contributed by atoms with E-state index in [0.29, 0.717) is 5.82 Å². The summed E-state index contributed by atoms with van der Waals surface area (Å²) in [4.78, 5) is 21.3. The van der Waals surface area contributed by atoms with Gasteiger partial charge in [0.15, 0.2) is 11.6 Å². The van der Waals surface area contributed by atoms with Crippen LogP contribution in [0.4, 0.5) is 0 Å². The number of benzene rings is 7. The molecule has 0 bridgehead atoms. The van der Waals surface area contributed by atoms with Crippen LogP contribution in [0.15, 0.2) is 212 Å². The molecule has 4 nitrogen and oxygen atoms in total. The number of aromatic nitrogens is 4. The Bertz CT molecular complexity index is 3150. The highest BCUT2D eigenvalue weighted by Crippen LogP contribution is 2.64. The third-order valence-electron chi connectivity index (χ3n) is 13.0. The Balaban J connectivity index is 1.09. The van der Waals surface area contributed by atoms with E-state index in [1.165, 1.54) is 44.5 Å². The number of allylic oxidation sites excluding steroid dienone is 4. The van der Waals surface area contributed by atoms with E-state index >= 15 is 0 Å². The number of hydrogen-bond donors (Lipinski definition) is 0. The number of nitrogens with zero attached hydrogens (tertiary/aromatic N) is 4. The molecule has 4 heteroatoms. The van der Waals surface area contributed by atoms with Crippen molar-refractivity contribution in [3.63, 3.8) is 0 Å². The standard InChI is InChI=1S/C58H40N4/c1-37-32-47-44-27-15-17-29-49(44)58(51(47)34-46(37)57-61-54(40-22-10-4-11-23-40)36-55(62-57)41-24-12-5-13-25-41)48-28-16-14-26-43(48)45-31-30-42(33-50(45)58)56-59-52(38-18-6-2-7-19-38)35-53(60-56)39-20-8-3-9-21-39/h2-31,33-37H,32H2,1H3. The van der Waals surface area contributed by atoms with Gasteiger partial charge in [0.05, 0.1) is 28.2 Å². The molecule has 292 valence electrons. The molecule has 1 spiro atoms. The molecule has 2 heterocycles. The highest BCUT2D eigenvalue weighted by molar-refractivity contribution is 5.99. The van der Waals surface area contributed by atoms with Crippen molar-refractivity contribution in [1.82, 2.24) is 19.9 Å². The molecule has 0 N–H and O–H groups in total. The summed E-state index contributed by atoms with van der Waals surface area (Å²) in [5.74, 6) is 1.66. The molecule has 12 rings (SSSR count). The second-order valence-corrected chi connectivity index (χ2v) is 16.6. The van der Waals surface area contributed by atoms with Gasteiger partial charge in [-0.05, 0) is 81.1 Å². The Morgan fingerprint density at radius 3 is 1.32 bits per heavy atom. The van der Waals surface area contributed by atoms with E-state index in [2.05, 4.69) is 201 Å². The van der Waals surface area contributed by atoms with Crippen molar-refractivity contribution in [3.8, 4) is 67.5 Å². The lowest BCUT2D eigenvalue weighted by Crippen LogP contribution is -2.28. The average molecular weight is 793 g/mol. The van der Waals surface area contributed by atoms with Crippen LogP contribution in [0.1, 0.15) is 41.4 Å². The van der Waals surface area contributed by atoms with Gasteiger partial charge in [-0.1, -0.05) is 189 Å². The van der Waals surface area contributed by atoms with Gasteiger partial charge in [-0.2, -0.15) is 0 Å². The maximum atomic E-state index is 5.37. The normalized spacial score (nSPS) is 17.0. The fourth-order valence-electron chi connectivity index (χ4n) is 10.2. The smallest absolute Gasteiger partial charge is 0.160 e. The van der Waals surface area contributed by atoms with Crippen molar-refractivity contribution in [2.45, 2.75) is 18.8 Å². The second-order valence-electron chi connectivity index (χ2n) is 16.6. The molecule has 0 amide bonds. The van der Waals surface area contributed by atoms with E-state index in [0.717, 1.165) is 68.4 Å². The Hall–Kier alpha value is -7.82. The van der Waals surface area contributed by atoms with E-state index in [-0.39, 0.29) is 5.92 Å². The first kappa shape index (κ1) is 36.1. The van der Waals surface area contributed by atoms with Gasteiger partial charge in [0.2, 0.25) is 0 Å². The zero-order valence-electron chi connectivity index (χ0n) is 34.2. The van der Waals surface area contributed by atoms with Crippen LogP contribution >= 0.6 is 0 Å². The number of hydrogen-bond acceptors (Lipinski definition) is 4. The molecule has 2 atom stereocenters. The van der Waals surface area contributed by atoms with E-state index in [9.17, 15) is 0 Å². The third-order valence-corrected chi connectivity index (χ3v) is 13.0. The summed E-state index contributed by atoms with van der Waals surface area (Å²) in [5.41, 5.74) is 19.8. The summed E-state index contributed by atoms with van der Waals surface area (Å²) < 4.78 is 0. The molecule has 3 aliphatic rings. The fraction of sp³-hybridized carbons (Fsp3) is 0.0690. The number of fused-ring (bicyclic) bond motifs is 9. The first-order valence-corrected chi connectivity index (χ1v) is 21.4. The molecule has 7 aromatic carbocycles. The van der Waals surface area contributed by atoms with Gasteiger partial charge in [-0.3, -0.25) is 0 Å². The minimum absolute atomic E-state index is 0.180. The van der Waals surface area contributed by atoms with Crippen molar-refractivity contribution in [1.29, 1.82) is 0 Å². The molecule has 0 aliphatic heterocycles. The summed E-state index contributed by atoms with van der Waals surface area (Å²) in [7, 11) is 0. The summed E-state index contributed by atoms with van der Waals surface area (Å²) in [6.45, 7) is 2.33. The Labute approximate surface area is 361 Å². The molecule has 3 aliphatic carbocycles. The van der Waals surface area contributed by atoms with Crippen molar-refractivity contribution < 1.29 is 0 Å². The van der Waals surface area contributed by atoms with E-state index in [4.69, 9.17) is 19.9 Å². The van der Waals surface area contributed by atoms with Gasteiger partial charge in [-0.25, -0.2) is 19.9 Å². The monoisotopic (exact) mass is 792 g/mol. The van der Waals surface area contributed by atoms with Crippen LogP contribution in [0.25, 0.3) is 78.7 Å². The highest BCUT2D eigenvalue weighted by Gasteiger charge is 2.53.